The van der Waals surface area contributed by atoms with Gasteiger partial charge in [0, 0.05) is 9.92 Å². The van der Waals surface area contributed by atoms with E-state index in [0.717, 1.165) is 20.8 Å². The molecule has 2 radical (unpaired) electrons. The van der Waals surface area contributed by atoms with Crippen LogP contribution in [0.2, 0.25) is 5.02 Å². The van der Waals surface area contributed by atoms with Crippen LogP contribution in [0.5, 0.6) is 0 Å². The van der Waals surface area contributed by atoms with Crippen LogP contribution in [0.25, 0.3) is 10.8 Å². The molecule has 0 aromatic heterocycles. The summed E-state index contributed by atoms with van der Waals surface area (Å²) >= 11 is 7.56. The highest BCUT2D eigenvalue weighted by Crippen LogP contribution is 2.22. The molecule has 0 heterocycles. The molecule has 0 aliphatic heterocycles. The number of fused-ring (bicyclic) bond motifs is 1. The predicted molar refractivity (Wildman–Crippen MR) is 66.1 cm³/mol. The molecule has 3 heteroatoms. The molecule has 0 N–H and O–H groups in total. The van der Waals surface area contributed by atoms with E-state index in [2.05, 4.69) is 6.07 Å². The van der Waals surface area contributed by atoms with Crippen LogP contribution in [0, 0.1) is 0 Å². The summed E-state index contributed by atoms with van der Waals surface area (Å²) in [6, 6.07) is 9.89. The second-order valence-electron chi connectivity index (χ2n) is 3.09. The summed E-state index contributed by atoms with van der Waals surface area (Å²) in [5.41, 5.74) is 0.812. The third kappa shape index (κ3) is 1.77. The van der Waals surface area contributed by atoms with Gasteiger partial charge >= 0.3 is 0 Å². The molecule has 68 valence electrons. The Balaban J connectivity index is 2.73. The Labute approximate surface area is 94.1 Å². The fraction of sp³-hybridized carbons (Fsp3) is 0.0909. The molecule has 0 aliphatic carbocycles. The van der Waals surface area contributed by atoms with Crippen molar-refractivity contribution >= 4 is 47.4 Å². The number of halogens is 1. The van der Waals surface area contributed by atoms with Crippen LogP contribution < -0.4 is 5.46 Å². The summed E-state index contributed by atoms with van der Waals surface area (Å²) in [5.74, 6) is 0. The van der Waals surface area contributed by atoms with Crippen molar-refractivity contribution in [2.75, 3.05) is 6.26 Å². The van der Waals surface area contributed by atoms with Crippen molar-refractivity contribution in [3.8, 4) is 0 Å². The lowest BCUT2D eigenvalue weighted by atomic mass is 9.93. The van der Waals surface area contributed by atoms with Crippen molar-refractivity contribution in [1.82, 2.24) is 0 Å². The predicted octanol–water partition coefficient (Wildman–Crippen LogP) is 3.01. The first-order valence-electron chi connectivity index (χ1n) is 4.23. The third-order valence-corrected chi connectivity index (χ3v) is 3.18. The zero-order chi connectivity index (χ0) is 10.1. The van der Waals surface area contributed by atoms with E-state index in [4.69, 9.17) is 19.4 Å². The molecule has 0 spiro atoms. The molecule has 2 aromatic rings. The molecule has 0 nitrogen and oxygen atoms in total. The van der Waals surface area contributed by atoms with Crippen LogP contribution in [0.3, 0.4) is 0 Å². The highest BCUT2D eigenvalue weighted by atomic mass is 35.5. The fourth-order valence-electron chi connectivity index (χ4n) is 1.44. The van der Waals surface area contributed by atoms with Crippen LogP contribution in [-0.4, -0.2) is 14.1 Å². The molecule has 0 saturated carbocycles. The first-order chi connectivity index (χ1) is 6.70. The maximum Gasteiger partial charge on any atom is 0.115 e. The van der Waals surface area contributed by atoms with E-state index in [-0.39, 0.29) is 0 Å². The van der Waals surface area contributed by atoms with E-state index >= 15 is 0 Å². The van der Waals surface area contributed by atoms with Crippen molar-refractivity contribution in [1.29, 1.82) is 0 Å². The zero-order valence-corrected chi connectivity index (χ0v) is 9.32. The van der Waals surface area contributed by atoms with E-state index in [0.29, 0.717) is 0 Å². The molecule has 14 heavy (non-hydrogen) atoms. The lowest BCUT2D eigenvalue weighted by Crippen LogP contribution is -2.04. The van der Waals surface area contributed by atoms with Gasteiger partial charge in [0.15, 0.2) is 0 Å². The van der Waals surface area contributed by atoms with Gasteiger partial charge < -0.3 is 0 Å². The van der Waals surface area contributed by atoms with Gasteiger partial charge in [-0.25, -0.2) is 0 Å². The standard InChI is InChI=1S/C11H8BClS/c1-14-11-6-7-2-3-9(13)4-8(7)5-10(11)12/h2-6H,1H3. The van der Waals surface area contributed by atoms with Crippen molar-refractivity contribution in [3.05, 3.63) is 35.4 Å². The molecular formula is C11H8BClS. The Kier molecular flexibility index (Phi) is 2.75. The van der Waals surface area contributed by atoms with Crippen molar-refractivity contribution in [3.63, 3.8) is 0 Å². The maximum absolute atomic E-state index is 5.90. The van der Waals surface area contributed by atoms with E-state index in [1.165, 1.54) is 5.39 Å². The zero-order valence-electron chi connectivity index (χ0n) is 7.75. The van der Waals surface area contributed by atoms with Crippen molar-refractivity contribution in [2.45, 2.75) is 4.90 Å². The minimum atomic E-state index is 0.744. The second kappa shape index (κ2) is 3.88. The minimum Gasteiger partial charge on any atom is -0.130 e. The fourth-order valence-corrected chi connectivity index (χ4v) is 2.16. The highest BCUT2D eigenvalue weighted by Gasteiger charge is 2.00. The van der Waals surface area contributed by atoms with Gasteiger partial charge in [0.1, 0.15) is 7.85 Å². The Morgan fingerprint density at radius 1 is 1.14 bits per heavy atom. The van der Waals surface area contributed by atoms with Gasteiger partial charge in [0.05, 0.1) is 0 Å². The van der Waals surface area contributed by atoms with Crippen LogP contribution in [0.1, 0.15) is 0 Å². The molecular weight excluding hydrogens is 210 g/mol. The molecule has 0 saturated heterocycles. The van der Waals surface area contributed by atoms with Gasteiger partial charge in [-0.1, -0.05) is 29.2 Å². The number of thioether (sulfide) groups is 1. The molecule has 0 unspecified atom stereocenters. The van der Waals surface area contributed by atoms with E-state index in [9.17, 15) is 0 Å². The molecule has 0 amide bonds. The molecule has 0 aliphatic rings. The van der Waals surface area contributed by atoms with Crippen LogP contribution in [-0.2, 0) is 0 Å². The average Bonchev–Trinajstić information content (AvgIpc) is 2.16. The van der Waals surface area contributed by atoms with Crippen molar-refractivity contribution in [2.24, 2.45) is 0 Å². The first-order valence-corrected chi connectivity index (χ1v) is 5.84. The summed E-state index contributed by atoms with van der Waals surface area (Å²) < 4.78 is 0. The molecule has 2 rings (SSSR count). The van der Waals surface area contributed by atoms with Gasteiger partial charge in [0.2, 0.25) is 0 Å². The lowest BCUT2D eigenvalue weighted by molar-refractivity contribution is 1.58. The summed E-state index contributed by atoms with van der Waals surface area (Å²) in [6.45, 7) is 0. The number of benzene rings is 2. The summed E-state index contributed by atoms with van der Waals surface area (Å²) in [4.78, 5) is 1.11. The summed E-state index contributed by atoms with van der Waals surface area (Å²) in [6.07, 6.45) is 2.02. The Morgan fingerprint density at radius 2 is 1.93 bits per heavy atom. The van der Waals surface area contributed by atoms with Crippen LogP contribution in [0.15, 0.2) is 35.2 Å². The summed E-state index contributed by atoms with van der Waals surface area (Å²) in [7, 11) is 5.88. The number of hydrogen-bond acceptors (Lipinski definition) is 1. The molecule has 2 aromatic carbocycles. The van der Waals surface area contributed by atoms with E-state index in [1.807, 2.05) is 30.5 Å². The molecule has 0 atom stereocenters. The van der Waals surface area contributed by atoms with E-state index < -0.39 is 0 Å². The van der Waals surface area contributed by atoms with Crippen LogP contribution in [0.4, 0.5) is 0 Å². The first kappa shape index (κ1) is 9.94. The van der Waals surface area contributed by atoms with Gasteiger partial charge in [-0.15, -0.1) is 11.8 Å². The monoisotopic (exact) mass is 218 g/mol. The topological polar surface area (TPSA) is 0 Å². The van der Waals surface area contributed by atoms with Gasteiger partial charge in [-0.05, 0) is 35.2 Å². The smallest absolute Gasteiger partial charge is 0.115 e. The molecule has 0 bridgehead atoms. The van der Waals surface area contributed by atoms with Gasteiger partial charge in [0.25, 0.3) is 0 Å². The highest BCUT2D eigenvalue weighted by molar-refractivity contribution is 7.98. The Bertz CT molecular complexity index is 482. The van der Waals surface area contributed by atoms with Gasteiger partial charge in [-0.3, -0.25) is 0 Å². The average molecular weight is 219 g/mol. The van der Waals surface area contributed by atoms with Gasteiger partial charge in [-0.2, -0.15) is 0 Å². The third-order valence-electron chi connectivity index (χ3n) is 2.15. The quantitative estimate of drug-likeness (QED) is 0.524. The SMILES string of the molecule is [B]c1cc2cc(Cl)ccc2cc1SC. The van der Waals surface area contributed by atoms with Crippen LogP contribution >= 0.6 is 23.4 Å². The normalized spacial score (nSPS) is 10.7. The number of rotatable bonds is 1. The summed E-state index contributed by atoms with van der Waals surface area (Å²) in [5, 5.41) is 3.01. The Morgan fingerprint density at radius 3 is 2.64 bits per heavy atom. The lowest BCUT2D eigenvalue weighted by Gasteiger charge is -2.06. The van der Waals surface area contributed by atoms with E-state index in [1.54, 1.807) is 11.8 Å². The largest absolute Gasteiger partial charge is 0.130 e. The number of hydrogen-bond donors (Lipinski definition) is 0. The minimum absolute atomic E-state index is 0.744. The van der Waals surface area contributed by atoms with Crippen molar-refractivity contribution < 1.29 is 0 Å². The maximum atomic E-state index is 5.90. The Hall–Kier alpha value is -0.595. The molecule has 0 fully saturated rings. The second-order valence-corrected chi connectivity index (χ2v) is 4.37.